The SMILES string of the molecule is CN=C(NCCc1nc(C)no1)NCc1ccc(C)cc1OC. The van der Waals surface area contributed by atoms with Gasteiger partial charge in [0.2, 0.25) is 5.89 Å². The standard InChI is InChI=1S/C16H23N5O2/c1-11-5-6-13(14(9-11)22-4)10-19-16(17-3)18-8-7-15-20-12(2)21-23-15/h5-6,9H,7-8,10H2,1-4H3,(H2,17,18,19). The van der Waals surface area contributed by atoms with Gasteiger partial charge in [-0.05, 0) is 25.5 Å². The molecular weight excluding hydrogens is 294 g/mol. The van der Waals surface area contributed by atoms with Gasteiger partial charge in [-0.25, -0.2) is 0 Å². The minimum atomic E-state index is 0.616. The smallest absolute Gasteiger partial charge is 0.228 e. The number of ether oxygens (including phenoxy) is 1. The number of aryl methyl sites for hydroxylation is 2. The second-order valence-electron chi connectivity index (χ2n) is 5.15. The predicted octanol–water partition coefficient (Wildman–Crippen LogP) is 1.60. The normalized spacial score (nSPS) is 11.4. The van der Waals surface area contributed by atoms with Crippen molar-refractivity contribution in [2.75, 3.05) is 20.7 Å². The summed E-state index contributed by atoms with van der Waals surface area (Å²) in [6.45, 7) is 5.13. The molecule has 0 spiro atoms. The molecule has 0 aliphatic carbocycles. The summed E-state index contributed by atoms with van der Waals surface area (Å²) in [4.78, 5) is 8.36. The molecule has 7 nitrogen and oxygen atoms in total. The Morgan fingerprint density at radius 2 is 2.13 bits per heavy atom. The van der Waals surface area contributed by atoms with E-state index in [1.807, 2.05) is 13.0 Å². The van der Waals surface area contributed by atoms with Crippen LogP contribution in [0.2, 0.25) is 0 Å². The topological polar surface area (TPSA) is 84.6 Å². The molecule has 0 unspecified atom stereocenters. The molecule has 124 valence electrons. The first-order valence-electron chi connectivity index (χ1n) is 7.49. The summed E-state index contributed by atoms with van der Waals surface area (Å²) in [7, 11) is 3.41. The lowest BCUT2D eigenvalue weighted by Gasteiger charge is -2.13. The molecule has 0 saturated carbocycles. The molecule has 0 atom stereocenters. The van der Waals surface area contributed by atoms with Crippen molar-refractivity contribution in [1.29, 1.82) is 0 Å². The maximum absolute atomic E-state index is 5.41. The number of rotatable bonds is 6. The highest BCUT2D eigenvalue weighted by Gasteiger charge is 2.06. The third-order valence-corrected chi connectivity index (χ3v) is 3.31. The van der Waals surface area contributed by atoms with E-state index in [1.165, 1.54) is 5.56 Å². The zero-order valence-corrected chi connectivity index (χ0v) is 14.0. The minimum absolute atomic E-state index is 0.616. The third kappa shape index (κ3) is 4.98. The van der Waals surface area contributed by atoms with E-state index in [9.17, 15) is 0 Å². The first-order valence-corrected chi connectivity index (χ1v) is 7.49. The summed E-state index contributed by atoms with van der Waals surface area (Å²) in [5, 5.41) is 10.2. The quantitative estimate of drug-likeness (QED) is 0.622. The third-order valence-electron chi connectivity index (χ3n) is 3.31. The Morgan fingerprint density at radius 3 is 2.78 bits per heavy atom. The molecule has 2 rings (SSSR count). The first kappa shape index (κ1) is 16.8. The van der Waals surface area contributed by atoms with Crippen LogP contribution in [0.3, 0.4) is 0 Å². The largest absolute Gasteiger partial charge is 0.496 e. The highest BCUT2D eigenvalue weighted by atomic mass is 16.5. The van der Waals surface area contributed by atoms with E-state index in [2.05, 4.69) is 37.9 Å². The van der Waals surface area contributed by atoms with Gasteiger partial charge in [0.05, 0.1) is 7.11 Å². The van der Waals surface area contributed by atoms with Crippen LogP contribution in [0.25, 0.3) is 0 Å². The molecule has 7 heteroatoms. The van der Waals surface area contributed by atoms with Crippen LogP contribution in [0.15, 0.2) is 27.7 Å². The zero-order valence-electron chi connectivity index (χ0n) is 14.0. The summed E-state index contributed by atoms with van der Waals surface area (Å²) in [6, 6.07) is 6.13. The fourth-order valence-corrected chi connectivity index (χ4v) is 2.13. The van der Waals surface area contributed by atoms with E-state index in [0.29, 0.717) is 37.2 Å². The van der Waals surface area contributed by atoms with E-state index >= 15 is 0 Å². The average molecular weight is 317 g/mol. The van der Waals surface area contributed by atoms with Crippen molar-refractivity contribution < 1.29 is 9.26 Å². The molecule has 0 saturated heterocycles. The van der Waals surface area contributed by atoms with Crippen molar-refractivity contribution in [2.24, 2.45) is 4.99 Å². The van der Waals surface area contributed by atoms with Crippen LogP contribution in [0, 0.1) is 13.8 Å². The van der Waals surface area contributed by atoms with Gasteiger partial charge in [0.15, 0.2) is 11.8 Å². The summed E-state index contributed by atoms with van der Waals surface area (Å²) < 4.78 is 10.5. The number of benzene rings is 1. The molecule has 23 heavy (non-hydrogen) atoms. The molecule has 0 radical (unpaired) electrons. The summed E-state index contributed by atoms with van der Waals surface area (Å²) in [5.74, 6) is 2.85. The molecule has 2 aromatic rings. The number of methoxy groups -OCH3 is 1. The highest BCUT2D eigenvalue weighted by molar-refractivity contribution is 5.79. The number of nitrogens with zero attached hydrogens (tertiary/aromatic N) is 3. The van der Waals surface area contributed by atoms with E-state index in [4.69, 9.17) is 9.26 Å². The number of nitrogens with one attached hydrogen (secondary N) is 2. The van der Waals surface area contributed by atoms with Crippen molar-refractivity contribution in [1.82, 2.24) is 20.8 Å². The van der Waals surface area contributed by atoms with Gasteiger partial charge in [-0.1, -0.05) is 17.3 Å². The Morgan fingerprint density at radius 1 is 1.30 bits per heavy atom. The van der Waals surface area contributed by atoms with Gasteiger partial charge in [0.1, 0.15) is 5.75 Å². The van der Waals surface area contributed by atoms with Crippen LogP contribution in [0.5, 0.6) is 5.75 Å². The number of aromatic nitrogens is 2. The van der Waals surface area contributed by atoms with Crippen LogP contribution in [0.4, 0.5) is 0 Å². The van der Waals surface area contributed by atoms with Crippen LogP contribution in [0.1, 0.15) is 22.8 Å². The molecular formula is C16H23N5O2. The van der Waals surface area contributed by atoms with Crippen LogP contribution in [-0.2, 0) is 13.0 Å². The van der Waals surface area contributed by atoms with E-state index in [-0.39, 0.29) is 0 Å². The molecule has 0 aliphatic rings. The van der Waals surface area contributed by atoms with Gasteiger partial charge >= 0.3 is 0 Å². The van der Waals surface area contributed by atoms with Crippen molar-refractivity contribution in [3.63, 3.8) is 0 Å². The Hall–Kier alpha value is -2.57. The van der Waals surface area contributed by atoms with Crippen LogP contribution >= 0.6 is 0 Å². The highest BCUT2D eigenvalue weighted by Crippen LogP contribution is 2.19. The van der Waals surface area contributed by atoms with Crippen molar-refractivity contribution in [3.05, 3.63) is 41.0 Å². The van der Waals surface area contributed by atoms with Gasteiger partial charge < -0.3 is 19.9 Å². The van der Waals surface area contributed by atoms with Crippen molar-refractivity contribution in [2.45, 2.75) is 26.8 Å². The number of guanidine groups is 1. The molecule has 0 fully saturated rings. The number of hydrogen-bond acceptors (Lipinski definition) is 5. The Labute approximate surface area is 136 Å². The summed E-state index contributed by atoms with van der Waals surface area (Å²) in [5.41, 5.74) is 2.25. The van der Waals surface area contributed by atoms with Crippen molar-refractivity contribution in [3.8, 4) is 5.75 Å². The van der Waals surface area contributed by atoms with Gasteiger partial charge in [-0.15, -0.1) is 0 Å². The Balaban J connectivity index is 1.83. The molecule has 0 bridgehead atoms. The summed E-state index contributed by atoms with van der Waals surface area (Å²) in [6.07, 6.45) is 0.648. The monoisotopic (exact) mass is 317 g/mol. The van der Waals surface area contributed by atoms with Gasteiger partial charge in [0, 0.05) is 32.1 Å². The predicted molar refractivity (Wildman–Crippen MR) is 88.7 cm³/mol. The van der Waals surface area contributed by atoms with Crippen molar-refractivity contribution >= 4 is 5.96 Å². The van der Waals surface area contributed by atoms with Gasteiger partial charge in [-0.3, -0.25) is 4.99 Å². The van der Waals surface area contributed by atoms with E-state index < -0.39 is 0 Å². The molecule has 2 N–H and O–H groups in total. The van der Waals surface area contributed by atoms with Gasteiger partial charge in [-0.2, -0.15) is 4.98 Å². The zero-order chi connectivity index (χ0) is 16.7. The second-order valence-corrected chi connectivity index (χ2v) is 5.15. The lowest BCUT2D eigenvalue weighted by atomic mass is 10.1. The lowest BCUT2D eigenvalue weighted by molar-refractivity contribution is 0.374. The summed E-state index contributed by atoms with van der Waals surface area (Å²) >= 11 is 0. The lowest BCUT2D eigenvalue weighted by Crippen LogP contribution is -2.37. The van der Waals surface area contributed by atoms with E-state index in [0.717, 1.165) is 11.3 Å². The fraction of sp³-hybridized carbons (Fsp3) is 0.438. The molecule has 1 aromatic carbocycles. The molecule has 0 aliphatic heterocycles. The maximum atomic E-state index is 5.41. The Kier molecular flexibility index (Phi) is 5.96. The number of aliphatic imine (C=N–C) groups is 1. The van der Waals surface area contributed by atoms with Gasteiger partial charge in [0.25, 0.3) is 0 Å². The minimum Gasteiger partial charge on any atom is -0.496 e. The van der Waals surface area contributed by atoms with Crippen LogP contribution < -0.4 is 15.4 Å². The first-order chi connectivity index (χ1) is 11.1. The molecule has 0 amide bonds. The average Bonchev–Trinajstić information content (AvgIpc) is 2.96. The number of hydrogen-bond donors (Lipinski definition) is 2. The second kappa shape index (κ2) is 8.17. The molecule has 1 heterocycles. The van der Waals surface area contributed by atoms with E-state index in [1.54, 1.807) is 21.1 Å². The Bertz CT molecular complexity index is 666. The molecule has 1 aromatic heterocycles. The fourth-order valence-electron chi connectivity index (χ4n) is 2.13. The maximum Gasteiger partial charge on any atom is 0.228 e. The van der Waals surface area contributed by atoms with Crippen LogP contribution in [-0.4, -0.2) is 36.8 Å².